The molecule has 1 aromatic carbocycles. The fourth-order valence-electron chi connectivity index (χ4n) is 3.22. The van der Waals surface area contributed by atoms with Crippen molar-refractivity contribution in [3.05, 3.63) is 23.8 Å². The number of piperidine rings is 1. The van der Waals surface area contributed by atoms with Gasteiger partial charge >= 0.3 is 0 Å². The van der Waals surface area contributed by atoms with Gasteiger partial charge in [-0.3, -0.25) is 4.79 Å². The predicted octanol–water partition coefficient (Wildman–Crippen LogP) is 1.22. The number of benzene rings is 1. The summed E-state index contributed by atoms with van der Waals surface area (Å²) in [4.78, 5) is 14.4. The summed E-state index contributed by atoms with van der Waals surface area (Å²) in [6, 6.07) is 5.25. The first-order valence-electron chi connectivity index (χ1n) is 7.08. The van der Waals surface area contributed by atoms with Gasteiger partial charge in [-0.25, -0.2) is 0 Å². The average molecular weight is 276 g/mol. The highest BCUT2D eigenvalue weighted by molar-refractivity contribution is 5.95. The molecule has 0 radical (unpaired) electrons. The summed E-state index contributed by atoms with van der Waals surface area (Å²) in [6.07, 6.45) is 2.38. The lowest BCUT2D eigenvalue weighted by Gasteiger charge is -2.24. The van der Waals surface area contributed by atoms with Crippen molar-refractivity contribution >= 4 is 5.91 Å². The lowest BCUT2D eigenvalue weighted by atomic mass is 9.94. The van der Waals surface area contributed by atoms with Gasteiger partial charge in [0, 0.05) is 24.7 Å². The Bertz CT molecular complexity index is 504. The number of nitrogens with one attached hydrogen (secondary N) is 1. The van der Waals surface area contributed by atoms with Gasteiger partial charge in [-0.05, 0) is 43.5 Å². The minimum absolute atomic E-state index is 0.00749. The van der Waals surface area contributed by atoms with E-state index in [1.165, 1.54) is 26.0 Å². The molecule has 2 aliphatic rings. The molecule has 0 saturated carbocycles. The highest BCUT2D eigenvalue weighted by Crippen LogP contribution is 2.29. The molecule has 0 bridgehead atoms. The van der Waals surface area contributed by atoms with Crippen LogP contribution in [0.4, 0.5) is 0 Å². The predicted molar refractivity (Wildman–Crippen MR) is 75.1 cm³/mol. The number of carbonyl (C=O) groups is 1. The Balaban J connectivity index is 1.74. The van der Waals surface area contributed by atoms with E-state index in [1.54, 1.807) is 12.1 Å². The van der Waals surface area contributed by atoms with Crippen molar-refractivity contribution in [1.82, 2.24) is 10.2 Å². The van der Waals surface area contributed by atoms with Crippen LogP contribution in [-0.2, 0) is 0 Å². The first-order valence-corrected chi connectivity index (χ1v) is 7.08. The number of methoxy groups -OCH3 is 1. The van der Waals surface area contributed by atoms with Crippen LogP contribution in [0.2, 0.25) is 0 Å². The molecule has 5 heteroatoms. The summed E-state index contributed by atoms with van der Waals surface area (Å²) in [5, 5.41) is 13.3. The van der Waals surface area contributed by atoms with E-state index in [9.17, 15) is 9.90 Å². The van der Waals surface area contributed by atoms with Gasteiger partial charge in [-0.1, -0.05) is 0 Å². The number of aromatic hydroxyl groups is 1. The number of fused-ring (bicyclic) bond motifs is 1. The lowest BCUT2D eigenvalue weighted by Crippen LogP contribution is -2.41. The molecule has 2 aliphatic heterocycles. The quantitative estimate of drug-likeness (QED) is 0.853. The number of hydrogen-bond acceptors (Lipinski definition) is 4. The maximum Gasteiger partial charge on any atom is 0.254 e. The second-order valence-corrected chi connectivity index (χ2v) is 5.56. The molecular formula is C15H20N2O3. The highest BCUT2D eigenvalue weighted by atomic mass is 16.5. The molecule has 2 fully saturated rings. The lowest BCUT2D eigenvalue weighted by molar-refractivity contribution is 0.0785. The molecule has 0 spiro atoms. The van der Waals surface area contributed by atoms with Crippen molar-refractivity contribution in [2.75, 3.05) is 26.7 Å². The monoisotopic (exact) mass is 276 g/mol. The zero-order valence-corrected chi connectivity index (χ0v) is 11.6. The van der Waals surface area contributed by atoms with Gasteiger partial charge in [0.25, 0.3) is 5.91 Å². The number of ether oxygens (including phenoxy) is 1. The molecule has 108 valence electrons. The summed E-state index contributed by atoms with van der Waals surface area (Å²) in [7, 11) is 1.49. The van der Waals surface area contributed by atoms with E-state index in [0.717, 1.165) is 19.6 Å². The fourth-order valence-corrected chi connectivity index (χ4v) is 3.22. The number of amides is 1. The van der Waals surface area contributed by atoms with Crippen LogP contribution < -0.4 is 10.1 Å². The van der Waals surface area contributed by atoms with Gasteiger partial charge in [-0.2, -0.15) is 0 Å². The Labute approximate surface area is 118 Å². The Hall–Kier alpha value is -1.75. The molecule has 0 aliphatic carbocycles. The molecule has 0 aromatic heterocycles. The number of hydrogen-bond donors (Lipinski definition) is 2. The van der Waals surface area contributed by atoms with E-state index in [2.05, 4.69) is 5.32 Å². The maximum atomic E-state index is 12.5. The van der Waals surface area contributed by atoms with Crippen LogP contribution in [0.1, 0.15) is 23.2 Å². The second-order valence-electron chi connectivity index (χ2n) is 5.56. The fraction of sp³-hybridized carbons (Fsp3) is 0.533. The molecule has 3 rings (SSSR count). The van der Waals surface area contributed by atoms with E-state index in [0.29, 0.717) is 23.3 Å². The van der Waals surface area contributed by atoms with Crippen molar-refractivity contribution < 1.29 is 14.6 Å². The van der Waals surface area contributed by atoms with Gasteiger partial charge in [0.15, 0.2) is 11.5 Å². The molecule has 1 amide bonds. The smallest absolute Gasteiger partial charge is 0.254 e. The molecule has 1 aromatic rings. The number of nitrogens with zero attached hydrogens (tertiary/aromatic N) is 1. The summed E-state index contributed by atoms with van der Waals surface area (Å²) >= 11 is 0. The molecule has 2 atom stereocenters. The molecular weight excluding hydrogens is 256 g/mol. The van der Waals surface area contributed by atoms with E-state index in [1.807, 2.05) is 4.90 Å². The third-order valence-electron chi connectivity index (χ3n) is 4.31. The third kappa shape index (κ3) is 2.33. The molecule has 2 N–H and O–H groups in total. The number of phenols is 1. The third-order valence-corrected chi connectivity index (χ3v) is 4.31. The Kier molecular flexibility index (Phi) is 3.53. The van der Waals surface area contributed by atoms with Crippen LogP contribution in [0.15, 0.2) is 18.2 Å². The zero-order chi connectivity index (χ0) is 14.1. The van der Waals surface area contributed by atoms with Crippen molar-refractivity contribution in [2.24, 2.45) is 5.92 Å². The molecule has 0 unspecified atom stereocenters. The topological polar surface area (TPSA) is 61.8 Å². The Morgan fingerprint density at radius 2 is 2.30 bits per heavy atom. The van der Waals surface area contributed by atoms with Crippen molar-refractivity contribution in [1.29, 1.82) is 0 Å². The zero-order valence-electron chi connectivity index (χ0n) is 11.6. The van der Waals surface area contributed by atoms with Crippen LogP contribution in [0.3, 0.4) is 0 Å². The highest BCUT2D eigenvalue weighted by Gasteiger charge is 2.36. The average Bonchev–Trinajstić information content (AvgIpc) is 2.90. The van der Waals surface area contributed by atoms with Crippen molar-refractivity contribution in [3.63, 3.8) is 0 Å². The number of rotatable bonds is 2. The first kappa shape index (κ1) is 13.2. The normalized spacial score (nSPS) is 25.4. The van der Waals surface area contributed by atoms with Crippen LogP contribution >= 0.6 is 0 Å². The molecule has 5 nitrogen and oxygen atoms in total. The summed E-state index contributed by atoms with van der Waals surface area (Å²) in [5.74, 6) is 0.949. The van der Waals surface area contributed by atoms with Gasteiger partial charge in [-0.15, -0.1) is 0 Å². The standard InChI is InChI=1S/C15H20N2O3/c1-20-14-5-4-10(7-13(14)18)15(19)17-8-11-3-2-6-16-12(11)9-17/h4-5,7,11-12,16,18H,2-3,6,8-9H2,1H3/t11-,12+/m0/s1. The van der Waals surface area contributed by atoms with Gasteiger partial charge < -0.3 is 20.1 Å². The SMILES string of the molecule is COc1ccc(C(=O)N2C[C@@H]3CCCN[C@@H]3C2)cc1O. The number of likely N-dealkylation sites (tertiary alicyclic amines) is 1. The van der Waals surface area contributed by atoms with Gasteiger partial charge in [0.05, 0.1) is 7.11 Å². The van der Waals surface area contributed by atoms with E-state index in [4.69, 9.17) is 4.74 Å². The van der Waals surface area contributed by atoms with Crippen molar-refractivity contribution in [2.45, 2.75) is 18.9 Å². The minimum atomic E-state index is -0.0147. The Morgan fingerprint density at radius 3 is 3.00 bits per heavy atom. The second kappa shape index (κ2) is 5.32. The number of carbonyl (C=O) groups excluding carboxylic acids is 1. The molecule has 2 saturated heterocycles. The van der Waals surface area contributed by atoms with Crippen LogP contribution in [0.5, 0.6) is 11.5 Å². The van der Waals surface area contributed by atoms with E-state index in [-0.39, 0.29) is 11.7 Å². The van der Waals surface area contributed by atoms with Crippen molar-refractivity contribution in [3.8, 4) is 11.5 Å². The van der Waals surface area contributed by atoms with Crippen LogP contribution in [0, 0.1) is 5.92 Å². The minimum Gasteiger partial charge on any atom is -0.504 e. The van der Waals surface area contributed by atoms with Crippen LogP contribution in [0.25, 0.3) is 0 Å². The summed E-state index contributed by atoms with van der Waals surface area (Å²) in [6.45, 7) is 2.62. The largest absolute Gasteiger partial charge is 0.504 e. The Morgan fingerprint density at radius 1 is 1.45 bits per heavy atom. The van der Waals surface area contributed by atoms with Crippen LogP contribution in [-0.4, -0.2) is 48.7 Å². The molecule has 2 heterocycles. The van der Waals surface area contributed by atoms with E-state index < -0.39 is 0 Å². The maximum absolute atomic E-state index is 12.5. The van der Waals surface area contributed by atoms with Gasteiger partial charge in [0.2, 0.25) is 0 Å². The summed E-state index contributed by atoms with van der Waals surface area (Å²) < 4.78 is 5.00. The van der Waals surface area contributed by atoms with E-state index >= 15 is 0 Å². The van der Waals surface area contributed by atoms with Gasteiger partial charge in [0.1, 0.15) is 0 Å². The molecule has 20 heavy (non-hydrogen) atoms. The number of phenolic OH excluding ortho intramolecular Hbond substituents is 1. The summed E-state index contributed by atoms with van der Waals surface area (Å²) in [5.41, 5.74) is 0.516. The first-order chi connectivity index (χ1) is 9.69.